The Kier molecular flexibility index (Phi) is 4.30. The molecule has 2 rings (SSSR count). The first-order chi connectivity index (χ1) is 9.50. The lowest BCUT2D eigenvalue weighted by Crippen LogP contribution is -2.22. The van der Waals surface area contributed by atoms with Crippen molar-refractivity contribution in [2.45, 2.75) is 13.0 Å². The Bertz CT molecular complexity index is 627. The van der Waals surface area contributed by atoms with E-state index in [4.69, 9.17) is 16.7 Å². The van der Waals surface area contributed by atoms with Gasteiger partial charge in [0.05, 0.1) is 11.6 Å². The van der Waals surface area contributed by atoms with Gasteiger partial charge in [-0.05, 0) is 36.8 Å². The monoisotopic (exact) mass is 289 g/mol. The highest BCUT2D eigenvalue weighted by Crippen LogP contribution is 2.30. The Labute approximate surface area is 123 Å². The molecular weight excluding hydrogens is 274 g/mol. The lowest BCUT2D eigenvalue weighted by atomic mass is 10.1. The molecule has 1 unspecified atom stereocenters. The molecule has 0 saturated carbocycles. The molecule has 4 heteroatoms. The maximum Gasteiger partial charge on any atom is 0.335 e. The van der Waals surface area contributed by atoms with Crippen LogP contribution in [0.5, 0.6) is 0 Å². The largest absolute Gasteiger partial charge is 0.478 e. The number of rotatable bonds is 4. The van der Waals surface area contributed by atoms with Crippen molar-refractivity contribution >= 4 is 23.3 Å². The fourth-order valence-corrected chi connectivity index (χ4v) is 2.40. The standard InChI is InChI=1S/C16H16ClNO2/c1-11(14-8-3-4-9-15(14)17)18(2)13-7-5-6-12(10-13)16(19)20/h3-11H,1-2H3,(H,19,20). The normalized spacial score (nSPS) is 11.9. The highest BCUT2D eigenvalue weighted by Gasteiger charge is 2.15. The summed E-state index contributed by atoms with van der Waals surface area (Å²) in [6.45, 7) is 2.04. The summed E-state index contributed by atoms with van der Waals surface area (Å²) >= 11 is 6.21. The molecule has 0 aliphatic rings. The fourth-order valence-electron chi connectivity index (χ4n) is 2.10. The molecule has 1 atom stereocenters. The predicted octanol–water partition coefficient (Wildman–Crippen LogP) is 4.24. The summed E-state index contributed by atoms with van der Waals surface area (Å²) in [7, 11) is 1.93. The molecule has 0 heterocycles. The first kappa shape index (κ1) is 14.4. The summed E-state index contributed by atoms with van der Waals surface area (Å²) in [5.41, 5.74) is 2.13. The Morgan fingerprint density at radius 1 is 1.20 bits per heavy atom. The van der Waals surface area contributed by atoms with Crippen LogP contribution in [0.15, 0.2) is 48.5 Å². The number of benzene rings is 2. The van der Waals surface area contributed by atoms with Gasteiger partial charge in [0.25, 0.3) is 0 Å². The minimum atomic E-state index is -0.925. The van der Waals surface area contributed by atoms with E-state index >= 15 is 0 Å². The fraction of sp³-hybridized carbons (Fsp3) is 0.188. The van der Waals surface area contributed by atoms with E-state index in [1.807, 2.05) is 49.2 Å². The molecule has 20 heavy (non-hydrogen) atoms. The lowest BCUT2D eigenvalue weighted by molar-refractivity contribution is 0.0697. The Balaban J connectivity index is 2.31. The van der Waals surface area contributed by atoms with E-state index in [0.29, 0.717) is 5.02 Å². The molecule has 2 aromatic rings. The van der Waals surface area contributed by atoms with E-state index in [0.717, 1.165) is 11.3 Å². The van der Waals surface area contributed by atoms with Crippen LogP contribution in [0.25, 0.3) is 0 Å². The maximum absolute atomic E-state index is 11.0. The Morgan fingerprint density at radius 3 is 2.55 bits per heavy atom. The van der Waals surface area contributed by atoms with Crippen molar-refractivity contribution in [2.75, 3.05) is 11.9 Å². The molecule has 0 radical (unpaired) electrons. The van der Waals surface area contributed by atoms with Crippen LogP contribution in [0.4, 0.5) is 5.69 Å². The van der Waals surface area contributed by atoms with E-state index in [1.54, 1.807) is 18.2 Å². The van der Waals surface area contributed by atoms with E-state index < -0.39 is 5.97 Å². The van der Waals surface area contributed by atoms with Gasteiger partial charge in [-0.15, -0.1) is 0 Å². The van der Waals surface area contributed by atoms with E-state index in [2.05, 4.69) is 0 Å². The number of aromatic carboxylic acids is 1. The van der Waals surface area contributed by atoms with Crippen molar-refractivity contribution < 1.29 is 9.90 Å². The summed E-state index contributed by atoms with van der Waals surface area (Å²) in [5, 5.41) is 9.76. The quantitative estimate of drug-likeness (QED) is 0.915. The minimum absolute atomic E-state index is 0.0488. The van der Waals surface area contributed by atoms with Gasteiger partial charge in [-0.3, -0.25) is 0 Å². The predicted molar refractivity (Wildman–Crippen MR) is 81.7 cm³/mol. The van der Waals surface area contributed by atoms with E-state index in [1.165, 1.54) is 0 Å². The molecule has 0 spiro atoms. The first-order valence-corrected chi connectivity index (χ1v) is 6.69. The number of nitrogens with zero attached hydrogens (tertiary/aromatic N) is 1. The highest BCUT2D eigenvalue weighted by molar-refractivity contribution is 6.31. The summed E-state index contributed by atoms with van der Waals surface area (Å²) in [6, 6.07) is 14.6. The third-order valence-corrected chi connectivity index (χ3v) is 3.78. The zero-order valence-corrected chi connectivity index (χ0v) is 12.1. The van der Waals surface area contributed by atoms with Crippen LogP contribution in [0.1, 0.15) is 28.9 Å². The van der Waals surface area contributed by atoms with Gasteiger partial charge in [0.1, 0.15) is 0 Å². The van der Waals surface area contributed by atoms with Gasteiger partial charge in [-0.2, -0.15) is 0 Å². The smallest absolute Gasteiger partial charge is 0.335 e. The maximum atomic E-state index is 11.0. The van der Waals surface area contributed by atoms with Crippen LogP contribution in [0.2, 0.25) is 5.02 Å². The molecule has 0 aromatic heterocycles. The van der Waals surface area contributed by atoms with Crippen molar-refractivity contribution in [1.82, 2.24) is 0 Å². The lowest BCUT2D eigenvalue weighted by Gasteiger charge is -2.28. The zero-order valence-electron chi connectivity index (χ0n) is 11.4. The van der Waals surface area contributed by atoms with Gasteiger partial charge in [-0.1, -0.05) is 35.9 Å². The van der Waals surface area contributed by atoms with Crippen molar-refractivity contribution in [3.05, 3.63) is 64.7 Å². The molecule has 0 bridgehead atoms. The van der Waals surface area contributed by atoms with Gasteiger partial charge in [-0.25, -0.2) is 4.79 Å². The molecule has 2 aromatic carbocycles. The van der Waals surface area contributed by atoms with Gasteiger partial charge in [0.15, 0.2) is 0 Å². The molecule has 0 aliphatic carbocycles. The SMILES string of the molecule is CC(c1ccccc1Cl)N(C)c1cccc(C(=O)O)c1. The number of carboxylic acid groups (broad SMARTS) is 1. The van der Waals surface area contributed by atoms with Crippen LogP contribution < -0.4 is 4.90 Å². The molecule has 3 nitrogen and oxygen atoms in total. The summed E-state index contributed by atoms with van der Waals surface area (Å²) < 4.78 is 0. The zero-order chi connectivity index (χ0) is 14.7. The second kappa shape index (κ2) is 5.97. The second-order valence-corrected chi connectivity index (χ2v) is 5.07. The van der Waals surface area contributed by atoms with Gasteiger partial charge < -0.3 is 10.0 Å². The number of hydrogen-bond acceptors (Lipinski definition) is 2. The van der Waals surface area contributed by atoms with Crippen LogP contribution in [0, 0.1) is 0 Å². The van der Waals surface area contributed by atoms with Crippen LogP contribution >= 0.6 is 11.6 Å². The molecule has 104 valence electrons. The summed E-state index contributed by atoms with van der Waals surface area (Å²) in [6.07, 6.45) is 0. The Hall–Kier alpha value is -2.00. The van der Waals surface area contributed by atoms with Crippen LogP contribution in [-0.4, -0.2) is 18.1 Å². The van der Waals surface area contributed by atoms with Crippen molar-refractivity contribution in [3.63, 3.8) is 0 Å². The number of hydrogen-bond donors (Lipinski definition) is 1. The summed E-state index contributed by atoms with van der Waals surface area (Å²) in [4.78, 5) is 13.0. The second-order valence-electron chi connectivity index (χ2n) is 4.66. The number of carboxylic acids is 1. The van der Waals surface area contributed by atoms with Crippen LogP contribution in [0.3, 0.4) is 0 Å². The third-order valence-electron chi connectivity index (χ3n) is 3.44. The average Bonchev–Trinajstić information content (AvgIpc) is 2.46. The average molecular weight is 290 g/mol. The molecular formula is C16H16ClNO2. The van der Waals surface area contributed by atoms with E-state index in [-0.39, 0.29) is 11.6 Å². The minimum Gasteiger partial charge on any atom is -0.478 e. The molecule has 0 aliphatic heterocycles. The molecule has 1 N–H and O–H groups in total. The van der Waals surface area contributed by atoms with Crippen LogP contribution in [-0.2, 0) is 0 Å². The topological polar surface area (TPSA) is 40.5 Å². The highest BCUT2D eigenvalue weighted by atomic mass is 35.5. The van der Waals surface area contributed by atoms with Gasteiger partial charge >= 0.3 is 5.97 Å². The van der Waals surface area contributed by atoms with Gasteiger partial charge in [0, 0.05) is 17.8 Å². The first-order valence-electron chi connectivity index (χ1n) is 6.31. The number of carbonyl (C=O) groups is 1. The third kappa shape index (κ3) is 2.94. The van der Waals surface area contributed by atoms with Crippen molar-refractivity contribution in [2.24, 2.45) is 0 Å². The van der Waals surface area contributed by atoms with Gasteiger partial charge in [0.2, 0.25) is 0 Å². The Morgan fingerprint density at radius 2 is 1.90 bits per heavy atom. The molecule has 0 saturated heterocycles. The molecule has 0 amide bonds. The number of halogens is 1. The summed E-state index contributed by atoms with van der Waals surface area (Å²) in [5.74, 6) is -0.925. The number of anilines is 1. The van der Waals surface area contributed by atoms with Crippen molar-refractivity contribution in [3.8, 4) is 0 Å². The van der Waals surface area contributed by atoms with E-state index in [9.17, 15) is 4.79 Å². The molecule has 0 fully saturated rings. The van der Waals surface area contributed by atoms with Crippen molar-refractivity contribution in [1.29, 1.82) is 0 Å².